The first-order valence-electron chi connectivity index (χ1n) is 8.30. The number of unbranched alkanes of at least 4 members (excludes halogenated alkanes) is 3. The van der Waals surface area contributed by atoms with E-state index in [4.69, 9.17) is 4.74 Å². The number of fused-ring (bicyclic) bond motifs is 1. The number of ether oxygens (including phenoxy) is 1. The zero-order valence-electron chi connectivity index (χ0n) is 13.5. The molecular weight excluding hydrogens is 326 g/mol. The van der Waals surface area contributed by atoms with Crippen LogP contribution in [0, 0.1) is 0 Å². The molecule has 118 valence electrons. The van der Waals surface area contributed by atoms with Gasteiger partial charge in [-0.25, -0.2) is 0 Å². The van der Waals surface area contributed by atoms with Crippen molar-refractivity contribution < 1.29 is 4.74 Å². The number of rotatable bonds is 7. The Morgan fingerprint density at radius 3 is 2.81 bits per heavy atom. The van der Waals surface area contributed by atoms with Gasteiger partial charge in [0.2, 0.25) is 0 Å². The molecule has 2 rings (SSSR count). The van der Waals surface area contributed by atoms with E-state index in [0.717, 1.165) is 29.6 Å². The fourth-order valence-electron chi connectivity index (χ4n) is 3.24. The first kappa shape index (κ1) is 16.8. The highest BCUT2D eigenvalue weighted by atomic mass is 79.9. The quantitative estimate of drug-likeness (QED) is 0.643. The second-order valence-corrected chi connectivity index (χ2v) is 7.27. The maximum absolute atomic E-state index is 6.39. The highest BCUT2D eigenvalue weighted by Gasteiger charge is 2.36. The molecule has 2 nitrogen and oxygen atoms in total. The van der Waals surface area contributed by atoms with Crippen molar-refractivity contribution in [3.8, 4) is 5.75 Å². The van der Waals surface area contributed by atoms with Crippen molar-refractivity contribution in [2.24, 2.45) is 0 Å². The molecule has 1 N–H and O–H groups in total. The average Bonchev–Trinajstić information content (AvgIpc) is 2.43. The van der Waals surface area contributed by atoms with E-state index in [0.29, 0.717) is 6.04 Å². The van der Waals surface area contributed by atoms with Crippen molar-refractivity contribution in [2.75, 3.05) is 6.54 Å². The second kappa shape index (κ2) is 7.64. The van der Waals surface area contributed by atoms with E-state index in [2.05, 4.69) is 60.2 Å². The van der Waals surface area contributed by atoms with Crippen LogP contribution in [0.1, 0.15) is 70.9 Å². The van der Waals surface area contributed by atoms with Gasteiger partial charge in [-0.15, -0.1) is 0 Å². The van der Waals surface area contributed by atoms with E-state index < -0.39 is 0 Å². The van der Waals surface area contributed by atoms with E-state index >= 15 is 0 Å². The predicted molar refractivity (Wildman–Crippen MR) is 93.0 cm³/mol. The smallest absolute Gasteiger partial charge is 0.126 e. The summed E-state index contributed by atoms with van der Waals surface area (Å²) < 4.78 is 7.48. The lowest BCUT2D eigenvalue weighted by Crippen LogP contribution is -2.41. The van der Waals surface area contributed by atoms with Gasteiger partial charge in [0.15, 0.2) is 0 Å². The highest BCUT2D eigenvalue weighted by Crippen LogP contribution is 2.42. The zero-order valence-corrected chi connectivity index (χ0v) is 15.1. The van der Waals surface area contributed by atoms with Crippen LogP contribution in [0.4, 0.5) is 0 Å². The molecule has 1 aliphatic rings. The van der Waals surface area contributed by atoms with Gasteiger partial charge in [-0.3, -0.25) is 0 Å². The minimum absolute atomic E-state index is 0.0473. The maximum atomic E-state index is 6.39. The number of hydrogen-bond acceptors (Lipinski definition) is 2. The number of nitrogens with one attached hydrogen (secondary N) is 1. The van der Waals surface area contributed by atoms with E-state index in [1.165, 1.54) is 31.2 Å². The minimum atomic E-state index is -0.0473. The molecule has 0 fully saturated rings. The SMILES string of the molecule is CCCCCCC1(C)CC(NCC)c2ccc(Br)cc2O1. The Morgan fingerprint density at radius 2 is 2.10 bits per heavy atom. The van der Waals surface area contributed by atoms with Crippen LogP contribution in [0.3, 0.4) is 0 Å². The van der Waals surface area contributed by atoms with Gasteiger partial charge in [0, 0.05) is 22.5 Å². The molecule has 1 heterocycles. The van der Waals surface area contributed by atoms with Gasteiger partial charge in [0.1, 0.15) is 11.4 Å². The average molecular weight is 354 g/mol. The summed E-state index contributed by atoms with van der Waals surface area (Å²) in [5, 5.41) is 3.62. The maximum Gasteiger partial charge on any atom is 0.126 e. The zero-order chi connectivity index (χ0) is 15.3. The molecule has 0 saturated carbocycles. The standard InChI is InChI=1S/C18H28BrNO/c1-4-6-7-8-11-18(3)13-16(20-5-2)15-10-9-14(19)12-17(15)21-18/h9-10,12,16,20H,4-8,11,13H2,1-3H3. The molecule has 21 heavy (non-hydrogen) atoms. The van der Waals surface area contributed by atoms with Crippen LogP contribution in [0.15, 0.2) is 22.7 Å². The molecule has 0 amide bonds. The Labute approximate surface area is 137 Å². The van der Waals surface area contributed by atoms with Crippen LogP contribution in [0.5, 0.6) is 5.75 Å². The first-order chi connectivity index (χ1) is 10.1. The third-order valence-electron chi connectivity index (χ3n) is 4.35. The summed E-state index contributed by atoms with van der Waals surface area (Å²) in [6, 6.07) is 6.81. The summed E-state index contributed by atoms with van der Waals surface area (Å²) >= 11 is 3.56. The Morgan fingerprint density at radius 1 is 1.29 bits per heavy atom. The van der Waals surface area contributed by atoms with Crippen molar-refractivity contribution in [3.63, 3.8) is 0 Å². The third kappa shape index (κ3) is 4.46. The molecule has 1 aromatic carbocycles. The lowest BCUT2D eigenvalue weighted by Gasteiger charge is -2.40. The van der Waals surface area contributed by atoms with E-state index in [-0.39, 0.29) is 5.60 Å². The number of halogens is 1. The van der Waals surface area contributed by atoms with Crippen molar-refractivity contribution >= 4 is 15.9 Å². The predicted octanol–water partition coefficient (Wildman–Crippen LogP) is 5.61. The van der Waals surface area contributed by atoms with E-state index in [9.17, 15) is 0 Å². The van der Waals surface area contributed by atoms with Gasteiger partial charge in [-0.2, -0.15) is 0 Å². The fourth-order valence-corrected chi connectivity index (χ4v) is 3.58. The normalized spacial score (nSPS) is 24.5. The van der Waals surface area contributed by atoms with Crippen LogP contribution in [0.2, 0.25) is 0 Å². The monoisotopic (exact) mass is 353 g/mol. The number of hydrogen-bond donors (Lipinski definition) is 1. The van der Waals surface area contributed by atoms with Gasteiger partial charge in [-0.05, 0) is 38.4 Å². The van der Waals surface area contributed by atoms with Crippen LogP contribution >= 0.6 is 15.9 Å². The molecule has 3 heteroatoms. The van der Waals surface area contributed by atoms with E-state index in [1.54, 1.807) is 0 Å². The first-order valence-corrected chi connectivity index (χ1v) is 9.09. The van der Waals surface area contributed by atoms with Gasteiger partial charge < -0.3 is 10.1 Å². The largest absolute Gasteiger partial charge is 0.487 e. The summed E-state index contributed by atoms with van der Waals surface area (Å²) in [6.07, 6.45) is 7.38. The molecule has 0 aliphatic carbocycles. The molecule has 1 aromatic rings. The van der Waals surface area contributed by atoms with Crippen LogP contribution in [0.25, 0.3) is 0 Å². The highest BCUT2D eigenvalue weighted by molar-refractivity contribution is 9.10. The molecular formula is C18H28BrNO. The molecule has 0 saturated heterocycles. The molecule has 0 aromatic heterocycles. The minimum Gasteiger partial charge on any atom is -0.487 e. The molecule has 0 radical (unpaired) electrons. The lowest BCUT2D eigenvalue weighted by atomic mass is 9.85. The van der Waals surface area contributed by atoms with Crippen molar-refractivity contribution in [3.05, 3.63) is 28.2 Å². The van der Waals surface area contributed by atoms with Gasteiger partial charge in [0.05, 0.1) is 0 Å². The Balaban J connectivity index is 2.12. The van der Waals surface area contributed by atoms with Crippen LogP contribution < -0.4 is 10.1 Å². The van der Waals surface area contributed by atoms with Crippen molar-refractivity contribution in [2.45, 2.75) is 70.9 Å². The summed E-state index contributed by atoms with van der Waals surface area (Å²) in [5.74, 6) is 1.04. The fraction of sp³-hybridized carbons (Fsp3) is 0.667. The van der Waals surface area contributed by atoms with Gasteiger partial charge >= 0.3 is 0 Å². The summed E-state index contributed by atoms with van der Waals surface area (Å²) in [6.45, 7) is 7.69. The van der Waals surface area contributed by atoms with Crippen molar-refractivity contribution in [1.82, 2.24) is 5.32 Å². The van der Waals surface area contributed by atoms with Gasteiger partial charge in [0.25, 0.3) is 0 Å². The lowest BCUT2D eigenvalue weighted by molar-refractivity contribution is 0.0374. The topological polar surface area (TPSA) is 21.3 Å². The number of benzene rings is 1. The summed E-state index contributed by atoms with van der Waals surface area (Å²) in [5.41, 5.74) is 1.25. The molecule has 0 spiro atoms. The summed E-state index contributed by atoms with van der Waals surface area (Å²) in [4.78, 5) is 0. The summed E-state index contributed by atoms with van der Waals surface area (Å²) in [7, 11) is 0. The Bertz CT molecular complexity index is 463. The van der Waals surface area contributed by atoms with Gasteiger partial charge in [-0.1, -0.05) is 55.1 Å². The van der Waals surface area contributed by atoms with Crippen LogP contribution in [-0.2, 0) is 0 Å². The van der Waals surface area contributed by atoms with Crippen molar-refractivity contribution in [1.29, 1.82) is 0 Å². The molecule has 2 atom stereocenters. The van der Waals surface area contributed by atoms with E-state index in [1.807, 2.05) is 0 Å². The molecule has 2 unspecified atom stereocenters. The van der Waals surface area contributed by atoms with Crippen LogP contribution in [-0.4, -0.2) is 12.1 Å². The second-order valence-electron chi connectivity index (χ2n) is 6.36. The Hall–Kier alpha value is -0.540. The Kier molecular flexibility index (Phi) is 6.12. The third-order valence-corrected chi connectivity index (χ3v) is 4.85. The molecule has 1 aliphatic heterocycles. The molecule has 0 bridgehead atoms.